The summed E-state index contributed by atoms with van der Waals surface area (Å²) in [5.74, 6) is 1.28. The van der Waals surface area contributed by atoms with Crippen LogP contribution in [0.1, 0.15) is 36.7 Å². The molecule has 4 heteroatoms. The van der Waals surface area contributed by atoms with Crippen LogP contribution in [0.2, 0.25) is 5.15 Å². The normalized spacial score (nSPS) is 23.6. The van der Waals surface area contributed by atoms with Gasteiger partial charge in [0.25, 0.3) is 5.91 Å². The fourth-order valence-corrected chi connectivity index (χ4v) is 2.54. The van der Waals surface area contributed by atoms with Crippen molar-refractivity contribution in [1.29, 1.82) is 0 Å². The van der Waals surface area contributed by atoms with Crippen molar-refractivity contribution in [2.45, 2.75) is 26.2 Å². The van der Waals surface area contributed by atoms with Gasteiger partial charge in [0, 0.05) is 6.54 Å². The quantitative estimate of drug-likeness (QED) is 0.841. The van der Waals surface area contributed by atoms with Crippen molar-refractivity contribution in [3.8, 4) is 0 Å². The highest BCUT2D eigenvalue weighted by Crippen LogP contribution is 2.29. The minimum absolute atomic E-state index is 0.132. The van der Waals surface area contributed by atoms with Gasteiger partial charge < -0.3 is 5.32 Å². The van der Waals surface area contributed by atoms with Gasteiger partial charge in [0.05, 0.1) is 0 Å². The van der Waals surface area contributed by atoms with Crippen LogP contribution in [-0.2, 0) is 0 Å². The summed E-state index contributed by atoms with van der Waals surface area (Å²) in [6.45, 7) is 3.01. The van der Waals surface area contributed by atoms with Gasteiger partial charge in [-0.1, -0.05) is 31.0 Å². The van der Waals surface area contributed by atoms with Crippen LogP contribution in [0.15, 0.2) is 18.2 Å². The summed E-state index contributed by atoms with van der Waals surface area (Å²) in [5, 5.41) is 3.28. The molecule has 1 N–H and O–H groups in total. The molecule has 3 nitrogen and oxygen atoms in total. The van der Waals surface area contributed by atoms with Crippen LogP contribution in [0.3, 0.4) is 0 Å². The molecular weight excluding hydrogens is 236 g/mol. The van der Waals surface area contributed by atoms with Gasteiger partial charge in [-0.3, -0.25) is 4.79 Å². The standard InChI is InChI=1S/C13H17ClN2O/c1-9-5-6-10(7-9)8-15-13(17)11-3-2-4-12(14)16-11/h2-4,9-10H,5-8H2,1H3,(H,15,17). The molecule has 2 atom stereocenters. The third kappa shape index (κ3) is 3.43. The van der Waals surface area contributed by atoms with Gasteiger partial charge in [0.2, 0.25) is 0 Å². The molecular formula is C13H17ClN2O. The SMILES string of the molecule is CC1CCC(CNC(=O)c2cccc(Cl)n2)C1. The van der Waals surface area contributed by atoms with Crippen LogP contribution in [0.5, 0.6) is 0 Å². The Kier molecular flexibility index (Phi) is 4.00. The van der Waals surface area contributed by atoms with Gasteiger partial charge in [-0.15, -0.1) is 0 Å². The number of amides is 1. The van der Waals surface area contributed by atoms with Crippen LogP contribution in [0.4, 0.5) is 0 Å². The largest absolute Gasteiger partial charge is 0.350 e. The Morgan fingerprint density at radius 3 is 3.00 bits per heavy atom. The van der Waals surface area contributed by atoms with Gasteiger partial charge in [0.15, 0.2) is 0 Å². The number of nitrogens with one attached hydrogen (secondary N) is 1. The van der Waals surface area contributed by atoms with E-state index in [1.54, 1.807) is 18.2 Å². The van der Waals surface area contributed by atoms with E-state index in [0.29, 0.717) is 16.8 Å². The summed E-state index contributed by atoms with van der Waals surface area (Å²) in [7, 11) is 0. The second kappa shape index (κ2) is 5.50. The fourth-order valence-electron chi connectivity index (χ4n) is 2.37. The Balaban J connectivity index is 1.85. The van der Waals surface area contributed by atoms with E-state index < -0.39 is 0 Å². The zero-order chi connectivity index (χ0) is 12.3. The summed E-state index contributed by atoms with van der Waals surface area (Å²) in [5.41, 5.74) is 0.392. The number of pyridine rings is 1. The van der Waals surface area contributed by atoms with Crippen molar-refractivity contribution in [2.24, 2.45) is 11.8 Å². The highest BCUT2D eigenvalue weighted by atomic mass is 35.5. The number of hydrogen-bond donors (Lipinski definition) is 1. The van der Waals surface area contributed by atoms with Gasteiger partial charge in [-0.25, -0.2) is 4.98 Å². The number of carbonyl (C=O) groups excluding carboxylic acids is 1. The first-order chi connectivity index (χ1) is 8.15. The molecule has 1 saturated carbocycles. The van der Waals surface area contributed by atoms with E-state index in [1.807, 2.05) is 0 Å². The first-order valence-corrected chi connectivity index (χ1v) is 6.43. The predicted octanol–water partition coefficient (Wildman–Crippen LogP) is 2.90. The summed E-state index contributed by atoms with van der Waals surface area (Å²) >= 11 is 5.74. The first-order valence-electron chi connectivity index (χ1n) is 6.06. The second-order valence-corrected chi connectivity index (χ2v) is 5.23. The van der Waals surface area contributed by atoms with E-state index in [0.717, 1.165) is 12.5 Å². The Bertz CT molecular complexity index is 408. The van der Waals surface area contributed by atoms with Crippen molar-refractivity contribution >= 4 is 17.5 Å². The lowest BCUT2D eigenvalue weighted by molar-refractivity contribution is 0.0942. The number of aromatic nitrogens is 1. The average molecular weight is 253 g/mol. The predicted molar refractivity (Wildman–Crippen MR) is 68.1 cm³/mol. The molecule has 0 spiro atoms. The van der Waals surface area contributed by atoms with E-state index in [1.165, 1.54) is 19.3 Å². The maximum Gasteiger partial charge on any atom is 0.269 e. The Morgan fingerprint density at radius 1 is 1.53 bits per heavy atom. The molecule has 0 aromatic carbocycles. The number of halogens is 1. The van der Waals surface area contributed by atoms with E-state index in [2.05, 4.69) is 17.2 Å². The van der Waals surface area contributed by atoms with Crippen LogP contribution in [-0.4, -0.2) is 17.4 Å². The molecule has 0 radical (unpaired) electrons. The van der Waals surface area contributed by atoms with E-state index in [-0.39, 0.29) is 5.91 Å². The van der Waals surface area contributed by atoms with E-state index >= 15 is 0 Å². The minimum Gasteiger partial charge on any atom is -0.350 e. The molecule has 17 heavy (non-hydrogen) atoms. The number of carbonyl (C=O) groups is 1. The molecule has 1 amide bonds. The van der Waals surface area contributed by atoms with Gasteiger partial charge >= 0.3 is 0 Å². The summed E-state index contributed by atoms with van der Waals surface area (Å²) in [6, 6.07) is 5.08. The van der Waals surface area contributed by atoms with Crippen LogP contribution in [0, 0.1) is 11.8 Å². The third-order valence-electron chi connectivity index (χ3n) is 3.30. The molecule has 0 aliphatic heterocycles. The highest BCUT2D eigenvalue weighted by Gasteiger charge is 2.21. The topological polar surface area (TPSA) is 42.0 Å². The van der Waals surface area contributed by atoms with E-state index in [4.69, 9.17) is 11.6 Å². The van der Waals surface area contributed by atoms with Crippen LogP contribution in [0.25, 0.3) is 0 Å². The molecule has 92 valence electrons. The maximum absolute atomic E-state index is 11.8. The van der Waals surface area contributed by atoms with Gasteiger partial charge in [-0.2, -0.15) is 0 Å². The van der Waals surface area contributed by atoms with Crippen molar-refractivity contribution in [3.05, 3.63) is 29.0 Å². The lowest BCUT2D eigenvalue weighted by Gasteiger charge is -2.10. The van der Waals surface area contributed by atoms with Crippen molar-refractivity contribution in [3.63, 3.8) is 0 Å². The van der Waals surface area contributed by atoms with Crippen molar-refractivity contribution in [1.82, 2.24) is 10.3 Å². The molecule has 1 aliphatic carbocycles. The summed E-state index contributed by atoms with van der Waals surface area (Å²) < 4.78 is 0. The molecule has 0 bridgehead atoms. The fraction of sp³-hybridized carbons (Fsp3) is 0.538. The first kappa shape index (κ1) is 12.4. The summed E-state index contributed by atoms with van der Waals surface area (Å²) in [6.07, 6.45) is 3.70. The molecule has 1 aromatic heterocycles. The number of nitrogens with zero attached hydrogens (tertiary/aromatic N) is 1. The molecule has 1 heterocycles. The molecule has 2 rings (SSSR count). The molecule has 1 aromatic rings. The highest BCUT2D eigenvalue weighted by molar-refractivity contribution is 6.29. The monoisotopic (exact) mass is 252 g/mol. The molecule has 2 unspecified atom stereocenters. The van der Waals surface area contributed by atoms with Crippen molar-refractivity contribution in [2.75, 3.05) is 6.54 Å². The smallest absolute Gasteiger partial charge is 0.269 e. The zero-order valence-corrected chi connectivity index (χ0v) is 10.7. The minimum atomic E-state index is -0.132. The van der Waals surface area contributed by atoms with Crippen LogP contribution >= 0.6 is 11.6 Å². The summed E-state index contributed by atoms with van der Waals surface area (Å²) in [4.78, 5) is 15.8. The lowest BCUT2D eigenvalue weighted by atomic mass is 10.1. The average Bonchev–Trinajstić information content (AvgIpc) is 2.72. The van der Waals surface area contributed by atoms with Gasteiger partial charge in [0.1, 0.15) is 10.8 Å². The Morgan fingerprint density at radius 2 is 2.35 bits per heavy atom. The number of rotatable bonds is 3. The molecule has 1 fully saturated rings. The number of hydrogen-bond acceptors (Lipinski definition) is 2. The Labute approximate surface area is 107 Å². The maximum atomic E-state index is 11.8. The second-order valence-electron chi connectivity index (χ2n) is 4.84. The Hall–Kier alpha value is -1.09. The zero-order valence-electron chi connectivity index (χ0n) is 9.95. The van der Waals surface area contributed by atoms with Crippen LogP contribution < -0.4 is 5.32 Å². The molecule has 0 saturated heterocycles. The lowest BCUT2D eigenvalue weighted by Crippen LogP contribution is -2.29. The van der Waals surface area contributed by atoms with E-state index in [9.17, 15) is 4.79 Å². The molecule has 1 aliphatic rings. The van der Waals surface area contributed by atoms with Gasteiger partial charge in [-0.05, 0) is 36.8 Å². The third-order valence-corrected chi connectivity index (χ3v) is 3.51. The van der Waals surface area contributed by atoms with Crippen molar-refractivity contribution < 1.29 is 4.79 Å².